The van der Waals surface area contributed by atoms with Gasteiger partial charge in [0.1, 0.15) is 24.0 Å². The minimum atomic E-state index is -0.401. The number of hydrogen-bond acceptors (Lipinski definition) is 9. The van der Waals surface area contributed by atoms with Crippen molar-refractivity contribution < 1.29 is 9.18 Å². The monoisotopic (exact) mass is 504 g/mol. The maximum atomic E-state index is 12.8. The third-order valence-corrected chi connectivity index (χ3v) is 6.22. The first kappa shape index (κ1) is 24.6. The van der Waals surface area contributed by atoms with Crippen molar-refractivity contribution in [2.45, 2.75) is 38.8 Å². The van der Waals surface area contributed by atoms with Gasteiger partial charge in [0.15, 0.2) is 5.69 Å². The molecule has 1 fully saturated rings. The van der Waals surface area contributed by atoms with E-state index in [9.17, 15) is 9.18 Å². The smallest absolute Gasteiger partial charge is 0.278 e. The SMILES string of the molecule is CC(C)Nc1cncc(-c2ccc3cnc(NC(=O)c4cn(C5CCN(CCF)CC5)nn4)cc3n2)n1. The van der Waals surface area contributed by atoms with Crippen LogP contribution in [-0.2, 0) is 0 Å². The topological polar surface area (TPSA) is 127 Å². The summed E-state index contributed by atoms with van der Waals surface area (Å²) in [4.78, 5) is 32.8. The zero-order valence-electron chi connectivity index (χ0n) is 20.8. The van der Waals surface area contributed by atoms with Gasteiger partial charge in [-0.3, -0.25) is 9.78 Å². The molecule has 37 heavy (non-hydrogen) atoms. The van der Waals surface area contributed by atoms with Gasteiger partial charge in [-0.15, -0.1) is 5.10 Å². The number of carbonyl (C=O) groups excluding carboxylic acids is 1. The lowest BCUT2D eigenvalue weighted by Crippen LogP contribution is -2.36. The molecule has 192 valence electrons. The predicted molar refractivity (Wildman–Crippen MR) is 138 cm³/mol. The molecule has 0 aromatic carbocycles. The fourth-order valence-electron chi connectivity index (χ4n) is 4.35. The number of nitrogens with one attached hydrogen (secondary N) is 2. The molecule has 0 bridgehead atoms. The lowest BCUT2D eigenvalue weighted by atomic mass is 10.1. The summed E-state index contributed by atoms with van der Waals surface area (Å²) in [5.41, 5.74) is 2.17. The Morgan fingerprint density at radius 2 is 1.95 bits per heavy atom. The molecule has 1 saturated heterocycles. The van der Waals surface area contributed by atoms with Crippen molar-refractivity contribution in [2.24, 2.45) is 0 Å². The normalized spacial score (nSPS) is 14.8. The molecular weight excluding hydrogens is 475 g/mol. The van der Waals surface area contributed by atoms with Crippen molar-refractivity contribution in [2.75, 3.05) is 36.9 Å². The van der Waals surface area contributed by atoms with Gasteiger partial charge in [-0.1, -0.05) is 5.21 Å². The number of anilines is 2. The third kappa shape index (κ3) is 5.85. The summed E-state index contributed by atoms with van der Waals surface area (Å²) >= 11 is 0. The molecular formula is C25H29FN10O. The van der Waals surface area contributed by atoms with E-state index in [1.54, 1.807) is 35.5 Å². The largest absolute Gasteiger partial charge is 0.367 e. The van der Waals surface area contributed by atoms with E-state index in [1.807, 2.05) is 26.0 Å². The summed E-state index contributed by atoms with van der Waals surface area (Å²) in [6.07, 6.45) is 8.33. The maximum absolute atomic E-state index is 12.8. The number of nitrogens with zero attached hydrogens (tertiary/aromatic N) is 8. The molecule has 0 aliphatic carbocycles. The standard InChI is InChI=1S/C25H29FN10O/c1-16(2)29-24-14-27-13-21(31-24)19-4-3-17-12-28-23(11-20(17)30-19)32-25(37)22-15-36(34-33-22)18-5-8-35(9-6-18)10-7-26/h3-4,11-16,18H,5-10H2,1-2H3,(H,29,31)(H,28,32,37). The molecule has 1 aliphatic heterocycles. The summed E-state index contributed by atoms with van der Waals surface area (Å²) in [6, 6.07) is 5.86. The Balaban J connectivity index is 1.28. The Hall–Kier alpha value is -4.06. The molecule has 11 nitrogen and oxygen atoms in total. The minimum absolute atomic E-state index is 0.142. The number of alkyl halides is 1. The van der Waals surface area contributed by atoms with E-state index >= 15 is 0 Å². The van der Waals surface area contributed by atoms with Crippen molar-refractivity contribution in [3.8, 4) is 11.4 Å². The van der Waals surface area contributed by atoms with E-state index in [1.165, 1.54) is 0 Å². The number of fused-ring (bicyclic) bond motifs is 1. The molecule has 0 saturated carbocycles. The summed E-state index contributed by atoms with van der Waals surface area (Å²) in [5.74, 6) is 0.635. The van der Waals surface area contributed by atoms with Crippen LogP contribution in [0.3, 0.4) is 0 Å². The molecule has 0 atom stereocenters. The average molecular weight is 505 g/mol. The zero-order chi connectivity index (χ0) is 25.8. The first-order chi connectivity index (χ1) is 18.0. The van der Waals surface area contributed by atoms with Crippen LogP contribution >= 0.6 is 0 Å². The van der Waals surface area contributed by atoms with Crippen molar-refractivity contribution in [3.63, 3.8) is 0 Å². The molecule has 0 unspecified atom stereocenters. The van der Waals surface area contributed by atoms with E-state index in [0.717, 1.165) is 31.3 Å². The molecule has 1 aliphatic rings. The molecule has 5 heterocycles. The summed E-state index contributed by atoms with van der Waals surface area (Å²) in [5, 5.41) is 15.1. The molecule has 4 aromatic heterocycles. The number of amides is 1. The third-order valence-electron chi connectivity index (χ3n) is 6.22. The van der Waals surface area contributed by atoms with Crippen LogP contribution in [0, 0.1) is 0 Å². The summed E-state index contributed by atoms with van der Waals surface area (Å²) < 4.78 is 14.3. The number of aromatic nitrogens is 7. The second-order valence-corrected chi connectivity index (χ2v) is 9.35. The van der Waals surface area contributed by atoms with E-state index < -0.39 is 5.91 Å². The number of carbonyl (C=O) groups is 1. The number of pyridine rings is 2. The van der Waals surface area contributed by atoms with Crippen LogP contribution < -0.4 is 10.6 Å². The van der Waals surface area contributed by atoms with Gasteiger partial charge in [0, 0.05) is 43.3 Å². The van der Waals surface area contributed by atoms with Crippen molar-refractivity contribution in [1.82, 2.24) is 39.8 Å². The second kappa shape index (κ2) is 10.9. The van der Waals surface area contributed by atoms with Crippen LogP contribution in [0.2, 0.25) is 0 Å². The summed E-state index contributed by atoms with van der Waals surface area (Å²) in [7, 11) is 0. The van der Waals surface area contributed by atoms with Gasteiger partial charge in [-0.2, -0.15) is 0 Å². The number of rotatable bonds is 8. The van der Waals surface area contributed by atoms with Crippen LogP contribution in [0.1, 0.15) is 43.2 Å². The fraction of sp³-hybridized carbons (Fsp3) is 0.400. The molecule has 0 radical (unpaired) electrons. The molecule has 5 rings (SSSR count). The lowest BCUT2D eigenvalue weighted by molar-refractivity contribution is 0.102. The highest BCUT2D eigenvalue weighted by atomic mass is 19.1. The molecule has 12 heteroatoms. The Morgan fingerprint density at radius 3 is 2.73 bits per heavy atom. The molecule has 1 amide bonds. The highest BCUT2D eigenvalue weighted by molar-refractivity contribution is 6.02. The number of halogens is 1. The van der Waals surface area contributed by atoms with Crippen LogP contribution in [0.5, 0.6) is 0 Å². The molecule has 0 spiro atoms. The van der Waals surface area contributed by atoms with Gasteiger partial charge < -0.3 is 15.5 Å². The van der Waals surface area contributed by atoms with Gasteiger partial charge in [-0.05, 0) is 38.8 Å². The maximum Gasteiger partial charge on any atom is 0.278 e. The Labute approximate surface area is 213 Å². The lowest BCUT2D eigenvalue weighted by Gasteiger charge is -2.30. The number of hydrogen-bond donors (Lipinski definition) is 2. The van der Waals surface area contributed by atoms with Gasteiger partial charge in [-0.25, -0.2) is 24.0 Å². The molecule has 4 aromatic rings. The predicted octanol–water partition coefficient (Wildman–Crippen LogP) is 3.36. The fourth-order valence-corrected chi connectivity index (χ4v) is 4.35. The highest BCUT2D eigenvalue weighted by Crippen LogP contribution is 2.23. The Morgan fingerprint density at radius 1 is 1.11 bits per heavy atom. The average Bonchev–Trinajstić information content (AvgIpc) is 3.39. The number of likely N-dealkylation sites (tertiary alicyclic amines) is 1. The summed E-state index contributed by atoms with van der Waals surface area (Å²) in [6.45, 7) is 5.79. The number of piperidine rings is 1. The van der Waals surface area contributed by atoms with Crippen molar-refractivity contribution in [3.05, 3.63) is 48.7 Å². The van der Waals surface area contributed by atoms with Crippen LogP contribution in [0.25, 0.3) is 22.3 Å². The van der Waals surface area contributed by atoms with E-state index in [0.29, 0.717) is 35.1 Å². The van der Waals surface area contributed by atoms with Crippen LogP contribution in [0.4, 0.5) is 16.0 Å². The van der Waals surface area contributed by atoms with Gasteiger partial charge in [0.25, 0.3) is 5.91 Å². The van der Waals surface area contributed by atoms with Crippen LogP contribution in [0.15, 0.2) is 43.0 Å². The second-order valence-electron chi connectivity index (χ2n) is 9.35. The first-order valence-electron chi connectivity index (χ1n) is 12.4. The Bertz CT molecular complexity index is 1380. The van der Waals surface area contributed by atoms with E-state index in [-0.39, 0.29) is 24.5 Å². The van der Waals surface area contributed by atoms with Crippen LogP contribution in [-0.4, -0.2) is 78.1 Å². The van der Waals surface area contributed by atoms with Gasteiger partial charge >= 0.3 is 0 Å². The molecule has 2 N–H and O–H groups in total. The Kier molecular flexibility index (Phi) is 7.26. The van der Waals surface area contributed by atoms with Crippen molar-refractivity contribution >= 4 is 28.4 Å². The van der Waals surface area contributed by atoms with Gasteiger partial charge in [0.2, 0.25) is 0 Å². The van der Waals surface area contributed by atoms with E-state index in [4.69, 9.17) is 4.98 Å². The quantitative estimate of drug-likeness (QED) is 0.371. The first-order valence-corrected chi connectivity index (χ1v) is 12.4. The van der Waals surface area contributed by atoms with E-state index in [2.05, 4.69) is 40.8 Å². The minimum Gasteiger partial charge on any atom is -0.367 e. The van der Waals surface area contributed by atoms with Crippen molar-refractivity contribution in [1.29, 1.82) is 0 Å². The zero-order valence-corrected chi connectivity index (χ0v) is 20.8. The highest BCUT2D eigenvalue weighted by Gasteiger charge is 2.22. The van der Waals surface area contributed by atoms with Gasteiger partial charge in [0.05, 0.1) is 35.8 Å².